The average Bonchev–Trinajstić information content (AvgIpc) is 3.14. The third-order valence-electron chi connectivity index (χ3n) is 7.99. The first-order valence-electron chi connectivity index (χ1n) is 12.3. The lowest BCUT2D eigenvalue weighted by molar-refractivity contribution is -0.150. The summed E-state index contributed by atoms with van der Waals surface area (Å²) in [5.41, 5.74) is -3.04. The number of phenols is 2. The monoisotopic (exact) mass is 541 g/mol. The highest BCUT2D eigenvalue weighted by Crippen LogP contribution is 2.46. The van der Waals surface area contributed by atoms with Gasteiger partial charge in [0.2, 0.25) is 17.0 Å². The molecule has 0 bridgehead atoms. The Kier molecular flexibility index (Phi) is 4.46. The molecule has 40 heavy (non-hydrogen) atoms. The maximum Gasteiger partial charge on any atom is 0.330 e. The predicted octanol–water partition coefficient (Wildman–Crippen LogP) is 2.80. The molecule has 1 aromatic heterocycles. The van der Waals surface area contributed by atoms with Gasteiger partial charge in [-0.2, -0.15) is 0 Å². The first-order valence-corrected chi connectivity index (χ1v) is 12.3. The van der Waals surface area contributed by atoms with Crippen molar-refractivity contribution in [1.29, 1.82) is 0 Å². The van der Waals surface area contributed by atoms with E-state index in [2.05, 4.69) is 0 Å². The second kappa shape index (κ2) is 7.47. The Morgan fingerprint density at radius 2 is 1.70 bits per heavy atom. The molecule has 4 aromatic rings. The lowest BCUT2D eigenvalue weighted by atomic mass is 9.81. The lowest BCUT2D eigenvalue weighted by Gasteiger charge is -2.39. The molecule has 0 spiro atoms. The topological polar surface area (TPSA) is 161 Å². The van der Waals surface area contributed by atoms with Crippen molar-refractivity contribution in [3.05, 3.63) is 74.1 Å². The van der Waals surface area contributed by atoms with Gasteiger partial charge in [-0.15, -0.1) is 0 Å². The number of amides is 1. The van der Waals surface area contributed by atoms with Gasteiger partial charge in [-0.05, 0) is 49.1 Å². The van der Waals surface area contributed by atoms with Gasteiger partial charge < -0.3 is 24.1 Å². The van der Waals surface area contributed by atoms with Crippen LogP contribution in [0.3, 0.4) is 0 Å². The summed E-state index contributed by atoms with van der Waals surface area (Å²) in [5, 5.41) is 22.0. The minimum Gasteiger partial charge on any atom is -0.506 e. The Morgan fingerprint density at radius 1 is 0.950 bits per heavy atom. The zero-order valence-electron chi connectivity index (χ0n) is 21.3. The van der Waals surface area contributed by atoms with E-state index in [1.165, 1.54) is 43.2 Å². The Morgan fingerprint density at radius 3 is 2.42 bits per heavy atom. The minimum atomic E-state index is -1.25. The molecule has 11 heteroatoms. The van der Waals surface area contributed by atoms with Crippen LogP contribution in [-0.4, -0.2) is 57.4 Å². The maximum atomic E-state index is 13.9. The molecule has 2 unspecified atom stereocenters. The highest BCUT2D eigenvalue weighted by molar-refractivity contribution is 6.32. The average molecular weight is 541 g/mol. The Bertz CT molecular complexity index is 2000. The van der Waals surface area contributed by atoms with Gasteiger partial charge in [0.05, 0.1) is 12.7 Å². The lowest BCUT2D eigenvalue weighted by Crippen LogP contribution is -2.53. The zero-order valence-corrected chi connectivity index (χ0v) is 21.3. The molecule has 7 rings (SSSR count). The molecule has 11 nitrogen and oxygen atoms in total. The van der Waals surface area contributed by atoms with E-state index in [0.717, 1.165) is 0 Å². The number of carbonyl (C=O) groups excluding carboxylic acids is 4. The first-order chi connectivity index (χ1) is 19.0. The fourth-order valence-electron chi connectivity index (χ4n) is 6.21. The van der Waals surface area contributed by atoms with E-state index < -0.39 is 63.5 Å². The van der Waals surface area contributed by atoms with E-state index in [1.807, 2.05) is 0 Å². The van der Waals surface area contributed by atoms with Crippen LogP contribution in [0.5, 0.6) is 17.2 Å². The van der Waals surface area contributed by atoms with Crippen LogP contribution in [0.4, 0.5) is 0 Å². The van der Waals surface area contributed by atoms with E-state index in [1.54, 1.807) is 13.0 Å². The molecule has 1 saturated heterocycles. The van der Waals surface area contributed by atoms with Crippen molar-refractivity contribution in [3.63, 3.8) is 0 Å². The van der Waals surface area contributed by atoms with E-state index in [4.69, 9.17) is 13.9 Å². The molecule has 2 N–H and O–H groups in total. The smallest absolute Gasteiger partial charge is 0.330 e. The number of hydrogen-bond donors (Lipinski definition) is 2. The van der Waals surface area contributed by atoms with Crippen molar-refractivity contribution < 1.29 is 43.3 Å². The molecule has 1 aliphatic carbocycles. The van der Waals surface area contributed by atoms with Gasteiger partial charge in [0, 0.05) is 22.9 Å². The number of hydrogen-bond acceptors (Lipinski definition) is 10. The van der Waals surface area contributed by atoms with Crippen molar-refractivity contribution in [3.8, 4) is 17.2 Å². The number of ketones is 2. The van der Waals surface area contributed by atoms with Crippen LogP contribution in [-0.2, 0) is 16.0 Å². The van der Waals surface area contributed by atoms with E-state index in [9.17, 15) is 34.2 Å². The summed E-state index contributed by atoms with van der Waals surface area (Å²) in [4.78, 5) is 68.2. The van der Waals surface area contributed by atoms with Crippen LogP contribution in [0, 0.1) is 0 Å². The van der Waals surface area contributed by atoms with Crippen LogP contribution in [0.25, 0.3) is 21.7 Å². The number of rotatable bonds is 1. The molecule has 2 atom stereocenters. The van der Waals surface area contributed by atoms with Crippen LogP contribution in [0.2, 0.25) is 0 Å². The van der Waals surface area contributed by atoms with Gasteiger partial charge in [-0.1, -0.05) is 6.07 Å². The van der Waals surface area contributed by atoms with Gasteiger partial charge in [-0.3, -0.25) is 24.1 Å². The van der Waals surface area contributed by atoms with Crippen LogP contribution >= 0.6 is 0 Å². The van der Waals surface area contributed by atoms with Crippen molar-refractivity contribution in [2.24, 2.45) is 0 Å². The normalized spacial score (nSPS) is 21.3. The number of ether oxygens (including phenoxy) is 2. The summed E-state index contributed by atoms with van der Waals surface area (Å²) in [6.45, 7) is 3.13. The molecule has 3 aromatic carbocycles. The number of phenolic OH excluding ortho intramolecular Hbond substituents is 2. The molecule has 1 amide bonds. The van der Waals surface area contributed by atoms with Crippen molar-refractivity contribution >= 4 is 45.2 Å². The standard InChI is InChI=1S/C29H19NO10/c1-10-28(37)40-29(2)9-12-8-11-4-5-13-18(16(11)23(33)17(12)27(36)30(10)29)24(34)20-25(35)19-14(39-26(20)21(13)31)6-7-15(38-3)22(19)32/h4-8,10,32-33H,9H2,1-3H3. The summed E-state index contributed by atoms with van der Waals surface area (Å²) >= 11 is 0. The molecule has 3 heterocycles. The van der Waals surface area contributed by atoms with Crippen molar-refractivity contribution in [1.82, 2.24) is 4.90 Å². The zero-order chi connectivity index (χ0) is 28.4. The Labute approximate surface area is 224 Å². The SMILES string of the molecule is COc1ccc2oc3c(c(=O)c2c1O)C(=O)c1c(ccc2cc4c(c(O)c12)C(=O)N1C(C)C(=O)OC1(C)C4)C3=O. The summed E-state index contributed by atoms with van der Waals surface area (Å²) < 4.78 is 16.2. The second-order valence-electron chi connectivity index (χ2n) is 10.3. The largest absolute Gasteiger partial charge is 0.506 e. The van der Waals surface area contributed by atoms with Crippen LogP contribution in [0.15, 0.2) is 39.5 Å². The summed E-state index contributed by atoms with van der Waals surface area (Å²) in [6.07, 6.45) is 0.0944. The minimum absolute atomic E-state index is 0.0337. The fourth-order valence-corrected chi connectivity index (χ4v) is 6.21. The van der Waals surface area contributed by atoms with Gasteiger partial charge in [-0.25, -0.2) is 4.79 Å². The van der Waals surface area contributed by atoms with Gasteiger partial charge in [0.15, 0.2) is 23.0 Å². The maximum absolute atomic E-state index is 13.9. The molecule has 0 saturated carbocycles. The van der Waals surface area contributed by atoms with E-state index in [-0.39, 0.29) is 45.2 Å². The first kappa shape index (κ1) is 23.9. The summed E-state index contributed by atoms with van der Waals surface area (Å²) in [7, 11) is 1.29. The van der Waals surface area contributed by atoms with Gasteiger partial charge in [0.1, 0.15) is 28.3 Å². The van der Waals surface area contributed by atoms with E-state index in [0.29, 0.717) is 10.9 Å². The number of aromatic hydroxyl groups is 2. The van der Waals surface area contributed by atoms with Crippen LogP contribution in [0.1, 0.15) is 61.8 Å². The Balaban J connectivity index is 1.51. The van der Waals surface area contributed by atoms with Crippen molar-refractivity contribution in [2.75, 3.05) is 7.11 Å². The predicted molar refractivity (Wildman–Crippen MR) is 137 cm³/mol. The number of benzene rings is 3. The molecule has 0 radical (unpaired) electrons. The number of carbonyl (C=O) groups is 4. The molecule has 3 aliphatic rings. The summed E-state index contributed by atoms with van der Waals surface area (Å²) in [5.74, 6) is -4.57. The fraction of sp³-hybridized carbons (Fsp3) is 0.207. The second-order valence-corrected chi connectivity index (χ2v) is 10.3. The van der Waals surface area contributed by atoms with Crippen LogP contribution < -0.4 is 10.2 Å². The highest BCUT2D eigenvalue weighted by Gasteiger charge is 2.55. The van der Waals surface area contributed by atoms with E-state index >= 15 is 0 Å². The number of methoxy groups -OCH3 is 1. The third-order valence-corrected chi connectivity index (χ3v) is 7.99. The molecular weight excluding hydrogens is 522 g/mol. The Hall–Kier alpha value is -5.19. The van der Waals surface area contributed by atoms with Crippen molar-refractivity contribution in [2.45, 2.75) is 32.0 Å². The number of nitrogens with zero attached hydrogens (tertiary/aromatic N) is 1. The number of fused-ring (bicyclic) bond motifs is 7. The molecule has 1 fully saturated rings. The summed E-state index contributed by atoms with van der Waals surface area (Å²) in [6, 6.07) is 6.29. The van der Waals surface area contributed by atoms with Gasteiger partial charge in [0.25, 0.3) is 5.91 Å². The molecular formula is C29H19NO10. The number of esters is 1. The highest BCUT2D eigenvalue weighted by atomic mass is 16.6. The third kappa shape index (κ3) is 2.70. The molecule has 200 valence electrons. The van der Waals surface area contributed by atoms with Gasteiger partial charge >= 0.3 is 5.97 Å². The quantitative estimate of drug-likeness (QED) is 0.302. The molecule has 2 aliphatic heterocycles.